The fourth-order valence-corrected chi connectivity index (χ4v) is 16.9. The molecule has 0 bridgehead atoms. The molecule has 5 heteroatoms. The second kappa shape index (κ2) is 13.2. The van der Waals surface area contributed by atoms with Gasteiger partial charge < -0.3 is 24.8 Å². The van der Waals surface area contributed by atoms with Crippen molar-refractivity contribution in [2.24, 2.45) is 0 Å². The van der Waals surface area contributed by atoms with Crippen LogP contribution in [0.1, 0.15) is 32.3 Å². The van der Waals surface area contributed by atoms with Crippen LogP contribution in [0.2, 0.25) is 0 Å². The molecule has 0 aliphatic heterocycles. The SMILES string of the molecule is Brc1cccc([C](c2cccc(Br)c2)=[Zr+2]([C]2=CC=CC2)[CH]2c3ccccc3-c3c2c2ccccc2c2ccccc32)c1.[Cl-].[Cl-]. The van der Waals surface area contributed by atoms with Gasteiger partial charge in [0, 0.05) is 0 Å². The molecule has 214 valence electrons. The van der Waals surface area contributed by atoms with E-state index < -0.39 is 21.3 Å². The Labute approximate surface area is 295 Å². The van der Waals surface area contributed by atoms with Crippen LogP contribution in [0.5, 0.6) is 0 Å². The molecule has 1 atom stereocenters. The molecule has 44 heavy (non-hydrogen) atoms. The quantitative estimate of drug-likeness (QED) is 0.212. The van der Waals surface area contributed by atoms with Crippen molar-refractivity contribution in [3.05, 3.63) is 174 Å². The molecule has 0 aromatic heterocycles. The zero-order chi connectivity index (χ0) is 28.2. The Kier molecular flexibility index (Phi) is 9.44. The van der Waals surface area contributed by atoms with Gasteiger partial charge in [-0.15, -0.1) is 0 Å². The van der Waals surface area contributed by atoms with Crippen molar-refractivity contribution < 1.29 is 46.1 Å². The minimum atomic E-state index is -2.80. The first-order valence-corrected chi connectivity index (χ1v) is 19.8. The van der Waals surface area contributed by atoms with Gasteiger partial charge in [0.15, 0.2) is 0 Å². The Hall–Kier alpha value is -2.39. The number of halogens is 4. The third-order valence-corrected chi connectivity index (χ3v) is 17.9. The Morgan fingerprint density at radius 3 is 1.80 bits per heavy atom. The summed E-state index contributed by atoms with van der Waals surface area (Å²) in [5, 5.41) is 5.48. The number of hydrogen-bond donors (Lipinski definition) is 0. The van der Waals surface area contributed by atoms with Crippen molar-refractivity contribution in [3.8, 4) is 11.1 Å². The summed E-state index contributed by atoms with van der Waals surface area (Å²) in [6.07, 6.45) is 8.14. The molecule has 1 unspecified atom stereocenters. The van der Waals surface area contributed by atoms with Gasteiger partial charge in [0.1, 0.15) is 0 Å². The summed E-state index contributed by atoms with van der Waals surface area (Å²) in [5.41, 5.74) is 8.56. The molecule has 0 spiro atoms. The molecule has 6 aromatic rings. The topological polar surface area (TPSA) is 0 Å². The fraction of sp³-hybridized carbons (Fsp3) is 0.0513. The first-order valence-electron chi connectivity index (χ1n) is 14.3. The van der Waals surface area contributed by atoms with Crippen LogP contribution in [0, 0.1) is 0 Å². The van der Waals surface area contributed by atoms with Crippen LogP contribution in [0.25, 0.3) is 32.7 Å². The summed E-state index contributed by atoms with van der Waals surface area (Å²) < 4.78 is 5.80. The van der Waals surface area contributed by atoms with Crippen LogP contribution in [0.15, 0.2) is 152 Å². The van der Waals surface area contributed by atoms with Crippen LogP contribution in [0.4, 0.5) is 0 Å². The third kappa shape index (κ3) is 5.30. The monoisotopic (exact) mass is 812 g/mol. The van der Waals surface area contributed by atoms with Crippen LogP contribution in [-0.4, -0.2) is 3.21 Å². The molecule has 0 saturated carbocycles. The van der Waals surface area contributed by atoms with Crippen molar-refractivity contribution in [1.82, 2.24) is 0 Å². The normalized spacial score (nSPS) is 14.2. The van der Waals surface area contributed by atoms with Gasteiger partial charge in [-0.3, -0.25) is 0 Å². The van der Waals surface area contributed by atoms with Gasteiger partial charge in [-0.25, -0.2) is 0 Å². The first-order chi connectivity index (χ1) is 20.7. The summed E-state index contributed by atoms with van der Waals surface area (Å²) in [4.78, 5) is 0. The van der Waals surface area contributed by atoms with Crippen molar-refractivity contribution in [2.75, 3.05) is 0 Å². The molecule has 6 aromatic carbocycles. The van der Waals surface area contributed by atoms with Gasteiger partial charge in [0.25, 0.3) is 0 Å². The Morgan fingerprint density at radius 1 is 0.614 bits per heavy atom. The smallest absolute Gasteiger partial charge is 1.00 e. The number of hydrogen-bond acceptors (Lipinski definition) is 0. The molecule has 0 amide bonds. The molecule has 0 N–H and O–H groups in total. The molecule has 2 aliphatic carbocycles. The maximum absolute atomic E-state index is 3.82. The predicted octanol–water partition coefficient (Wildman–Crippen LogP) is 5.33. The van der Waals surface area contributed by atoms with E-state index in [1.54, 1.807) is 6.49 Å². The van der Waals surface area contributed by atoms with Crippen LogP contribution >= 0.6 is 31.9 Å². The standard InChI is InChI=1S/C21H13.C13H8Br2.C5H5.2ClH.Zr/c1-2-8-15-14(7-1)13-20-18-11-4-3-9-16(18)17-10-5-6-12-19(17)21(15)20;14-12-5-1-3-10(8-12)7-11-4-2-6-13(15)9-11;1-2-4-5-3-1;;;/h1-13H;1-6,8-9H;1-3H,4H2;2*1H;/q;;;;;+2/p-2. The summed E-state index contributed by atoms with van der Waals surface area (Å²) in [7, 11) is 0. The zero-order valence-electron chi connectivity index (χ0n) is 23.6. The Bertz CT molecular complexity index is 2110. The van der Waals surface area contributed by atoms with Gasteiger partial charge >= 0.3 is 273 Å². The molecular weight excluding hydrogens is 790 g/mol. The van der Waals surface area contributed by atoms with Crippen molar-refractivity contribution in [2.45, 2.75) is 10.0 Å². The number of benzene rings is 6. The summed E-state index contributed by atoms with van der Waals surface area (Å²) in [6.45, 7) is 0. The van der Waals surface area contributed by atoms with Gasteiger partial charge in [-0.05, 0) is 0 Å². The molecule has 0 heterocycles. The average molecular weight is 817 g/mol. The largest absolute Gasteiger partial charge is 1.00 e. The first kappa shape index (κ1) is 31.6. The van der Waals surface area contributed by atoms with Crippen molar-refractivity contribution in [3.63, 3.8) is 0 Å². The van der Waals surface area contributed by atoms with Gasteiger partial charge in [-0.1, -0.05) is 0 Å². The van der Waals surface area contributed by atoms with Gasteiger partial charge in [0.05, 0.1) is 0 Å². The average Bonchev–Trinajstić information content (AvgIpc) is 3.67. The molecule has 2 aliphatic rings. The van der Waals surface area contributed by atoms with E-state index >= 15 is 0 Å². The summed E-state index contributed by atoms with van der Waals surface area (Å²) in [5.74, 6) is 0. The van der Waals surface area contributed by atoms with E-state index in [-0.39, 0.29) is 24.8 Å². The molecule has 0 fully saturated rings. The zero-order valence-corrected chi connectivity index (χ0v) is 30.7. The van der Waals surface area contributed by atoms with E-state index in [0.29, 0.717) is 3.63 Å². The summed E-state index contributed by atoms with van der Waals surface area (Å²) in [6, 6.07) is 45.4. The molecule has 0 nitrogen and oxygen atoms in total. The fourth-order valence-electron chi connectivity index (χ4n) is 7.09. The number of rotatable bonds is 4. The van der Waals surface area contributed by atoms with E-state index in [0.717, 1.165) is 15.4 Å². The third-order valence-electron chi connectivity index (χ3n) is 8.70. The predicted molar refractivity (Wildman–Crippen MR) is 182 cm³/mol. The van der Waals surface area contributed by atoms with Crippen LogP contribution < -0.4 is 24.8 Å². The van der Waals surface area contributed by atoms with Crippen LogP contribution in [0.3, 0.4) is 0 Å². The minimum Gasteiger partial charge on any atom is -1.00 e. The Morgan fingerprint density at radius 2 is 1.18 bits per heavy atom. The molecule has 8 rings (SSSR count). The van der Waals surface area contributed by atoms with Crippen molar-refractivity contribution >= 4 is 56.6 Å². The molecule has 0 saturated heterocycles. The van der Waals surface area contributed by atoms with Gasteiger partial charge in [-0.2, -0.15) is 0 Å². The maximum Gasteiger partial charge on any atom is -1.00 e. The van der Waals surface area contributed by atoms with E-state index in [1.165, 1.54) is 54.9 Å². The van der Waals surface area contributed by atoms with E-state index in [4.69, 9.17) is 0 Å². The van der Waals surface area contributed by atoms with E-state index in [9.17, 15) is 0 Å². The van der Waals surface area contributed by atoms with Gasteiger partial charge in [0.2, 0.25) is 0 Å². The summed E-state index contributed by atoms with van der Waals surface area (Å²) >= 11 is 4.84. The molecule has 0 radical (unpaired) electrons. The second-order valence-electron chi connectivity index (χ2n) is 11.0. The van der Waals surface area contributed by atoms with E-state index in [2.05, 4.69) is 171 Å². The number of fused-ring (bicyclic) bond motifs is 8. The van der Waals surface area contributed by atoms with Crippen LogP contribution in [-0.2, 0) is 21.3 Å². The van der Waals surface area contributed by atoms with E-state index in [1.807, 2.05) is 0 Å². The van der Waals surface area contributed by atoms with Crippen molar-refractivity contribution in [1.29, 1.82) is 0 Å². The molecular formula is C39H26Br2Cl2Zr. The second-order valence-corrected chi connectivity index (χ2v) is 19.1. The number of allylic oxidation sites excluding steroid dienone is 4. The minimum absolute atomic E-state index is 0. The maximum atomic E-state index is 3.82. The Balaban J connectivity index is 0.00000171.